The third kappa shape index (κ3) is 5.97. The number of nitrogens with zero attached hydrogens (tertiary/aromatic N) is 3. The SMILES string of the molecule is CCNC(=NCc1ccc(N2CCCC2)nc1)NCC1(C)CCCO1.I. The molecular formula is C19H32IN5O. The number of nitrogens with one attached hydrogen (secondary N) is 2. The molecular weight excluding hydrogens is 441 g/mol. The van der Waals surface area contributed by atoms with Crippen LogP contribution >= 0.6 is 24.0 Å². The molecule has 0 aromatic carbocycles. The van der Waals surface area contributed by atoms with Crippen molar-refractivity contribution in [2.24, 2.45) is 4.99 Å². The second kappa shape index (κ2) is 10.3. The van der Waals surface area contributed by atoms with Gasteiger partial charge in [-0.25, -0.2) is 9.98 Å². The van der Waals surface area contributed by atoms with Gasteiger partial charge in [-0.05, 0) is 51.2 Å². The van der Waals surface area contributed by atoms with Gasteiger partial charge in [0.15, 0.2) is 5.96 Å². The Morgan fingerprint density at radius 2 is 2.08 bits per heavy atom. The van der Waals surface area contributed by atoms with Crippen molar-refractivity contribution < 1.29 is 4.74 Å². The van der Waals surface area contributed by atoms with Crippen LogP contribution in [0.15, 0.2) is 23.3 Å². The Bertz CT molecular complexity index is 566. The molecule has 0 saturated carbocycles. The number of anilines is 1. The van der Waals surface area contributed by atoms with E-state index in [1.54, 1.807) is 0 Å². The van der Waals surface area contributed by atoms with Crippen LogP contribution in [0.3, 0.4) is 0 Å². The Balaban J connectivity index is 0.00000243. The fourth-order valence-electron chi connectivity index (χ4n) is 3.40. The largest absolute Gasteiger partial charge is 0.373 e. The van der Waals surface area contributed by atoms with E-state index in [9.17, 15) is 0 Å². The normalized spacial score (nSPS) is 23.0. The molecule has 2 aliphatic rings. The maximum atomic E-state index is 5.83. The molecule has 0 spiro atoms. The minimum Gasteiger partial charge on any atom is -0.373 e. The minimum atomic E-state index is -0.0743. The first-order valence-corrected chi connectivity index (χ1v) is 9.54. The van der Waals surface area contributed by atoms with Crippen LogP contribution in [-0.2, 0) is 11.3 Å². The van der Waals surface area contributed by atoms with E-state index in [4.69, 9.17) is 4.74 Å². The van der Waals surface area contributed by atoms with Gasteiger partial charge in [-0.1, -0.05) is 6.07 Å². The summed E-state index contributed by atoms with van der Waals surface area (Å²) >= 11 is 0. The molecule has 2 saturated heterocycles. The minimum absolute atomic E-state index is 0. The van der Waals surface area contributed by atoms with Gasteiger partial charge in [-0.2, -0.15) is 0 Å². The summed E-state index contributed by atoms with van der Waals surface area (Å²) in [6.07, 6.45) is 6.73. The molecule has 0 aliphatic carbocycles. The zero-order valence-corrected chi connectivity index (χ0v) is 18.3. The molecule has 2 aliphatic heterocycles. The Morgan fingerprint density at radius 1 is 1.27 bits per heavy atom. The molecule has 7 heteroatoms. The molecule has 0 radical (unpaired) electrons. The van der Waals surface area contributed by atoms with E-state index in [0.29, 0.717) is 6.54 Å². The van der Waals surface area contributed by atoms with Crippen molar-refractivity contribution in [1.82, 2.24) is 15.6 Å². The molecule has 3 rings (SSSR count). The highest BCUT2D eigenvalue weighted by molar-refractivity contribution is 14.0. The summed E-state index contributed by atoms with van der Waals surface area (Å²) in [6, 6.07) is 4.25. The summed E-state index contributed by atoms with van der Waals surface area (Å²) in [4.78, 5) is 11.6. The average Bonchev–Trinajstić information content (AvgIpc) is 3.30. The molecule has 2 N–H and O–H groups in total. The molecule has 3 heterocycles. The lowest BCUT2D eigenvalue weighted by atomic mass is 10.0. The number of aromatic nitrogens is 1. The van der Waals surface area contributed by atoms with Crippen LogP contribution in [0.1, 0.15) is 45.1 Å². The molecule has 2 fully saturated rings. The quantitative estimate of drug-likeness (QED) is 0.378. The van der Waals surface area contributed by atoms with Gasteiger partial charge in [-0.3, -0.25) is 0 Å². The monoisotopic (exact) mass is 473 g/mol. The number of aliphatic imine (C=N–C) groups is 1. The number of halogens is 1. The van der Waals surface area contributed by atoms with E-state index in [-0.39, 0.29) is 29.6 Å². The average molecular weight is 473 g/mol. The maximum Gasteiger partial charge on any atom is 0.191 e. The van der Waals surface area contributed by atoms with Gasteiger partial charge >= 0.3 is 0 Å². The Labute approximate surface area is 174 Å². The molecule has 26 heavy (non-hydrogen) atoms. The van der Waals surface area contributed by atoms with Gasteiger partial charge in [0.25, 0.3) is 0 Å². The lowest BCUT2D eigenvalue weighted by Crippen LogP contribution is -2.45. The van der Waals surface area contributed by atoms with Crippen molar-refractivity contribution in [1.29, 1.82) is 0 Å². The second-order valence-corrected chi connectivity index (χ2v) is 7.17. The zero-order chi connectivity index (χ0) is 17.5. The third-order valence-electron chi connectivity index (χ3n) is 4.93. The van der Waals surface area contributed by atoms with Crippen molar-refractivity contribution in [2.45, 2.75) is 51.7 Å². The van der Waals surface area contributed by atoms with Crippen LogP contribution in [0.2, 0.25) is 0 Å². The van der Waals surface area contributed by atoms with Crippen LogP contribution in [0, 0.1) is 0 Å². The zero-order valence-electron chi connectivity index (χ0n) is 16.0. The second-order valence-electron chi connectivity index (χ2n) is 7.17. The van der Waals surface area contributed by atoms with Crippen molar-refractivity contribution in [3.63, 3.8) is 0 Å². The summed E-state index contributed by atoms with van der Waals surface area (Å²) < 4.78 is 5.83. The number of rotatable bonds is 6. The molecule has 0 bridgehead atoms. The van der Waals surface area contributed by atoms with Crippen molar-refractivity contribution in [3.05, 3.63) is 23.9 Å². The summed E-state index contributed by atoms with van der Waals surface area (Å²) in [6.45, 7) is 9.61. The highest BCUT2D eigenvalue weighted by atomic mass is 127. The molecule has 6 nitrogen and oxygen atoms in total. The first-order chi connectivity index (χ1) is 12.2. The summed E-state index contributed by atoms with van der Waals surface area (Å²) in [7, 11) is 0. The number of hydrogen-bond acceptors (Lipinski definition) is 4. The fourth-order valence-corrected chi connectivity index (χ4v) is 3.40. The van der Waals surface area contributed by atoms with Crippen molar-refractivity contribution in [3.8, 4) is 0 Å². The smallest absolute Gasteiger partial charge is 0.191 e. The lowest BCUT2D eigenvalue weighted by Gasteiger charge is -2.24. The van der Waals surface area contributed by atoms with Gasteiger partial charge < -0.3 is 20.3 Å². The van der Waals surface area contributed by atoms with E-state index in [0.717, 1.165) is 63.0 Å². The van der Waals surface area contributed by atoms with E-state index >= 15 is 0 Å². The molecule has 1 atom stereocenters. The first kappa shape index (κ1) is 21.2. The number of guanidine groups is 1. The van der Waals surface area contributed by atoms with Gasteiger partial charge in [0, 0.05) is 39.0 Å². The molecule has 1 aromatic heterocycles. The van der Waals surface area contributed by atoms with Crippen molar-refractivity contribution in [2.75, 3.05) is 37.7 Å². The summed E-state index contributed by atoms with van der Waals surface area (Å²) in [5, 5.41) is 6.72. The first-order valence-electron chi connectivity index (χ1n) is 9.54. The summed E-state index contributed by atoms with van der Waals surface area (Å²) in [5.74, 6) is 1.92. The predicted octanol–water partition coefficient (Wildman–Crippen LogP) is 2.92. The number of hydrogen-bond donors (Lipinski definition) is 2. The maximum absolute atomic E-state index is 5.83. The third-order valence-corrected chi connectivity index (χ3v) is 4.93. The van der Waals surface area contributed by atoms with Gasteiger partial charge in [0.2, 0.25) is 0 Å². The highest BCUT2D eigenvalue weighted by Gasteiger charge is 2.29. The van der Waals surface area contributed by atoms with E-state index in [1.807, 2.05) is 6.20 Å². The molecule has 1 aromatic rings. The molecule has 0 amide bonds. The fraction of sp³-hybridized carbons (Fsp3) is 0.684. The molecule has 146 valence electrons. The highest BCUT2D eigenvalue weighted by Crippen LogP contribution is 2.23. The van der Waals surface area contributed by atoms with Crippen LogP contribution < -0.4 is 15.5 Å². The Kier molecular flexibility index (Phi) is 8.40. The van der Waals surface area contributed by atoms with Crippen LogP contribution in [0.5, 0.6) is 0 Å². The summed E-state index contributed by atoms with van der Waals surface area (Å²) in [5.41, 5.74) is 1.05. The number of pyridine rings is 1. The van der Waals surface area contributed by atoms with Gasteiger partial charge in [-0.15, -0.1) is 24.0 Å². The van der Waals surface area contributed by atoms with Crippen LogP contribution in [-0.4, -0.2) is 49.3 Å². The van der Waals surface area contributed by atoms with Crippen LogP contribution in [0.4, 0.5) is 5.82 Å². The van der Waals surface area contributed by atoms with E-state index < -0.39 is 0 Å². The Morgan fingerprint density at radius 3 is 2.69 bits per heavy atom. The predicted molar refractivity (Wildman–Crippen MR) is 118 cm³/mol. The molecule has 1 unspecified atom stereocenters. The topological polar surface area (TPSA) is 61.8 Å². The number of ether oxygens (including phenoxy) is 1. The van der Waals surface area contributed by atoms with Crippen LogP contribution in [0.25, 0.3) is 0 Å². The lowest BCUT2D eigenvalue weighted by molar-refractivity contribution is 0.0243. The van der Waals surface area contributed by atoms with Crippen molar-refractivity contribution >= 4 is 35.8 Å². The standard InChI is InChI=1S/C19H31N5O.HI/c1-3-20-18(23-15-19(2)9-6-12-25-19)22-14-16-7-8-17(21-13-16)24-10-4-5-11-24;/h7-8,13H,3-6,9-12,14-15H2,1-2H3,(H2,20,22,23);1H. The Hall–Kier alpha value is -1.09. The van der Waals surface area contributed by atoms with Gasteiger partial charge in [0.05, 0.1) is 12.1 Å². The van der Waals surface area contributed by atoms with E-state index in [2.05, 4.69) is 51.5 Å². The van der Waals surface area contributed by atoms with Gasteiger partial charge in [0.1, 0.15) is 5.82 Å². The van der Waals surface area contributed by atoms with E-state index in [1.165, 1.54) is 12.8 Å².